The van der Waals surface area contributed by atoms with Crippen molar-refractivity contribution in [2.45, 2.75) is 43.6 Å². The smallest absolute Gasteiger partial charge is 0.420 e. The molecule has 0 radical (unpaired) electrons. The topological polar surface area (TPSA) is 64.6 Å². The van der Waals surface area contributed by atoms with Crippen molar-refractivity contribution in [3.63, 3.8) is 0 Å². The van der Waals surface area contributed by atoms with Crippen LogP contribution in [0.2, 0.25) is 0 Å². The van der Waals surface area contributed by atoms with Crippen LogP contribution in [0, 0.1) is 0 Å². The monoisotopic (exact) mass is 459 g/mol. The van der Waals surface area contributed by atoms with Gasteiger partial charge in [0.05, 0.1) is 11.1 Å². The molecule has 1 aliphatic carbocycles. The van der Waals surface area contributed by atoms with Crippen LogP contribution in [-0.4, -0.2) is 18.1 Å². The number of carbonyl (C=O) groups is 2. The number of hydrogen-bond donors (Lipinski definition) is 1. The lowest BCUT2D eigenvalue weighted by molar-refractivity contribution is -0.143. The van der Waals surface area contributed by atoms with Crippen molar-refractivity contribution in [2.75, 3.05) is 0 Å². The third kappa shape index (κ3) is 4.23. The number of aryl methyl sites for hydroxylation is 1. The summed E-state index contributed by atoms with van der Waals surface area (Å²) in [4.78, 5) is 23.3. The number of alkyl carbamates (subject to hydrolysis) is 1. The van der Waals surface area contributed by atoms with Crippen LogP contribution in [0.25, 0.3) is 0 Å². The largest absolute Gasteiger partial charge is 0.457 e. The number of hydrogen-bond acceptors (Lipinski definition) is 4. The molecule has 11 heteroatoms. The van der Waals surface area contributed by atoms with Crippen molar-refractivity contribution in [1.82, 2.24) is 5.32 Å². The number of fused-ring (bicyclic) bond motifs is 1. The van der Waals surface area contributed by atoms with Crippen LogP contribution in [0.4, 0.5) is 31.1 Å². The maximum Gasteiger partial charge on any atom is 0.420 e. The number of rotatable bonds is 3. The first-order valence-corrected chi connectivity index (χ1v) is 9.54. The number of halogens is 6. The second kappa shape index (κ2) is 7.72. The molecule has 2 amide bonds. The average molecular weight is 459 g/mol. The van der Waals surface area contributed by atoms with Gasteiger partial charge < -0.3 is 9.47 Å². The molecule has 0 bridgehead atoms. The zero-order valence-corrected chi connectivity index (χ0v) is 16.1. The van der Waals surface area contributed by atoms with E-state index in [0.29, 0.717) is 42.5 Å². The van der Waals surface area contributed by atoms with E-state index in [1.807, 2.05) is 0 Å². The molecule has 0 aromatic heterocycles. The van der Waals surface area contributed by atoms with Crippen LogP contribution in [0.5, 0.6) is 11.5 Å². The van der Waals surface area contributed by atoms with E-state index in [9.17, 15) is 35.9 Å². The Labute approximate surface area is 177 Å². The van der Waals surface area contributed by atoms with E-state index < -0.39 is 53.3 Å². The molecule has 1 fully saturated rings. The van der Waals surface area contributed by atoms with Crippen LogP contribution in [0.3, 0.4) is 0 Å². The molecule has 170 valence electrons. The van der Waals surface area contributed by atoms with Gasteiger partial charge in [0.1, 0.15) is 11.5 Å². The van der Waals surface area contributed by atoms with Crippen LogP contribution in [-0.2, 0) is 28.3 Å². The molecule has 2 aromatic rings. The second-order valence-electron chi connectivity index (χ2n) is 7.48. The number of benzene rings is 2. The predicted octanol–water partition coefficient (Wildman–Crippen LogP) is 5.57. The number of nitrogens with one attached hydrogen (secondary N) is 1. The highest BCUT2D eigenvalue weighted by atomic mass is 19.4. The number of carbonyl (C=O) groups excluding carboxylic acids is 2. The van der Waals surface area contributed by atoms with Gasteiger partial charge in [0.15, 0.2) is 6.10 Å². The highest BCUT2D eigenvalue weighted by molar-refractivity contribution is 6.00. The second-order valence-corrected chi connectivity index (χ2v) is 7.48. The Balaban J connectivity index is 1.64. The van der Waals surface area contributed by atoms with E-state index in [0.717, 1.165) is 0 Å². The lowest BCUT2D eigenvalue weighted by Crippen LogP contribution is -2.31. The molecule has 2 aliphatic rings. The lowest BCUT2D eigenvalue weighted by atomic mass is 9.79. The van der Waals surface area contributed by atoms with Crippen molar-refractivity contribution < 1.29 is 45.4 Å². The first-order chi connectivity index (χ1) is 14.9. The summed E-state index contributed by atoms with van der Waals surface area (Å²) >= 11 is 0. The van der Waals surface area contributed by atoms with Crippen molar-refractivity contribution >= 4 is 12.0 Å². The minimum absolute atomic E-state index is 0.00234. The van der Waals surface area contributed by atoms with Crippen molar-refractivity contribution in [2.24, 2.45) is 0 Å². The third-order valence-corrected chi connectivity index (χ3v) is 5.40. The zero-order chi connectivity index (χ0) is 23.3. The maximum absolute atomic E-state index is 13.4. The van der Waals surface area contributed by atoms with E-state index in [-0.39, 0.29) is 11.8 Å². The van der Waals surface area contributed by atoms with Gasteiger partial charge in [-0.25, -0.2) is 4.79 Å². The average Bonchev–Trinajstić information content (AvgIpc) is 3.03. The molecule has 0 spiro atoms. The minimum atomic E-state index is -5.06. The first kappa shape index (κ1) is 22.0. The number of amides is 2. The summed E-state index contributed by atoms with van der Waals surface area (Å²) in [5, 5.41) is 2.06. The van der Waals surface area contributed by atoms with Gasteiger partial charge >= 0.3 is 18.4 Å². The predicted molar refractivity (Wildman–Crippen MR) is 97.1 cm³/mol. The molecular weight excluding hydrogens is 444 g/mol. The summed E-state index contributed by atoms with van der Waals surface area (Å²) < 4.78 is 89.0. The molecule has 1 aliphatic heterocycles. The van der Waals surface area contributed by atoms with E-state index >= 15 is 0 Å². The Bertz CT molecular complexity index is 1080. The SMILES string of the molecule is O=C1NC(=O)C([C@@H]2CCCc3cc(Oc4ccc(C(F)(F)F)cc4C(F)(F)F)ccc32)O1. The number of ether oxygens (including phenoxy) is 2. The van der Waals surface area contributed by atoms with E-state index in [1.54, 1.807) is 6.07 Å². The van der Waals surface area contributed by atoms with Crippen LogP contribution in [0.15, 0.2) is 36.4 Å². The Kier molecular flexibility index (Phi) is 5.30. The molecule has 4 rings (SSSR count). The summed E-state index contributed by atoms with van der Waals surface area (Å²) in [7, 11) is 0. The Morgan fingerprint density at radius 2 is 1.72 bits per heavy atom. The first-order valence-electron chi connectivity index (χ1n) is 9.54. The number of cyclic esters (lactones) is 1. The molecule has 32 heavy (non-hydrogen) atoms. The van der Waals surface area contributed by atoms with Gasteiger partial charge in [-0.2, -0.15) is 26.3 Å². The third-order valence-electron chi connectivity index (χ3n) is 5.40. The summed E-state index contributed by atoms with van der Waals surface area (Å²) in [6.07, 6.45) is -10.1. The summed E-state index contributed by atoms with van der Waals surface area (Å²) in [6.45, 7) is 0. The molecule has 2 aromatic carbocycles. The van der Waals surface area contributed by atoms with E-state index in [1.165, 1.54) is 12.1 Å². The quantitative estimate of drug-likeness (QED) is 0.610. The van der Waals surface area contributed by atoms with Gasteiger partial charge in [-0.15, -0.1) is 0 Å². The van der Waals surface area contributed by atoms with Gasteiger partial charge in [0.2, 0.25) is 0 Å². The maximum atomic E-state index is 13.4. The molecule has 5 nitrogen and oxygen atoms in total. The Morgan fingerprint density at radius 3 is 2.34 bits per heavy atom. The molecule has 1 N–H and O–H groups in total. The van der Waals surface area contributed by atoms with E-state index in [4.69, 9.17) is 9.47 Å². The fourth-order valence-corrected chi connectivity index (χ4v) is 3.98. The zero-order valence-electron chi connectivity index (χ0n) is 16.1. The van der Waals surface area contributed by atoms with Crippen LogP contribution in [0.1, 0.15) is 41.0 Å². The fourth-order valence-electron chi connectivity index (χ4n) is 3.98. The van der Waals surface area contributed by atoms with Crippen molar-refractivity contribution in [3.8, 4) is 11.5 Å². The standard InChI is InChI=1S/C21H15F6NO4/c22-20(23,24)11-4-7-16(15(9-11)21(25,26)27)31-12-5-6-13-10(8-12)2-1-3-14(13)17-18(29)28-19(30)32-17/h4-9,14,17H,1-3H2,(H,28,29,30)/t14-,17?/m1/s1. The van der Waals surface area contributed by atoms with Gasteiger partial charge in [0, 0.05) is 5.92 Å². The Hall–Kier alpha value is -3.24. The number of alkyl halides is 6. The normalized spacial score (nSPS) is 21.1. The van der Waals surface area contributed by atoms with Gasteiger partial charge in [-0.3, -0.25) is 10.1 Å². The van der Waals surface area contributed by atoms with Gasteiger partial charge in [0.25, 0.3) is 5.91 Å². The molecular formula is C21H15F6NO4. The van der Waals surface area contributed by atoms with Gasteiger partial charge in [-0.1, -0.05) is 6.07 Å². The van der Waals surface area contributed by atoms with Crippen molar-refractivity contribution in [3.05, 3.63) is 58.7 Å². The summed E-state index contributed by atoms with van der Waals surface area (Å²) in [5.74, 6) is -1.74. The summed E-state index contributed by atoms with van der Waals surface area (Å²) in [5.41, 5.74) is -1.59. The number of imide groups is 1. The highest BCUT2D eigenvalue weighted by Crippen LogP contribution is 2.43. The molecule has 1 unspecified atom stereocenters. The van der Waals surface area contributed by atoms with Gasteiger partial charge in [-0.05, 0) is 60.7 Å². The van der Waals surface area contributed by atoms with Crippen molar-refractivity contribution in [1.29, 1.82) is 0 Å². The minimum Gasteiger partial charge on any atom is -0.457 e. The lowest BCUT2D eigenvalue weighted by Gasteiger charge is -2.28. The molecule has 1 heterocycles. The molecule has 1 saturated heterocycles. The van der Waals surface area contributed by atoms with Crippen LogP contribution >= 0.6 is 0 Å². The summed E-state index contributed by atoms with van der Waals surface area (Å²) in [6, 6.07) is 5.57. The molecule has 0 saturated carbocycles. The van der Waals surface area contributed by atoms with E-state index in [2.05, 4.69) is 5.32 Å². The Morgan fingerprint density at radius 1 is 0.969 bits per heavy atom. The highest BCUT2D eigenvalue weighted by Gasteiger charge is 2.42. The van der Waals surface area contributed by atoms with Crippen LogP contribution < -0.4 is 10.1 Å². The fraction of sp³-hybridized carbons (Fsp3) is 0.333. The molecule has 2 atom stereocenters.